The number of piperidine rings is 1. The number of rotatable bonds is 4. The maximum absolute atomic E-state index is 11.7. The molecule has 21 heavy (non-hydrogen) atoms. The molecule has 0 N–H and O–H groups in total. The highest BCUT2D eigenvalue weighted by Crippen LogP contribution is 2.29. The van der Waals surface area contributed by atoms with Crippen molar-refractivity contribution in [3.8, 4) is 0 Å². The summed E-state index contributed by atoms with van der Waals surface area (Å²) in [5.74, 6) is 0. The Kier molecular flexibility index (Phi) is 9.09. The minimum Gasteiger partial charge on any atom is -0.298 e. The quantitative estimate of drug-likeness (QED) is 0.582. The molecule has 0 aromatic carbocycles. The summed E-state index contributed by atoms with van der Waals surface area (Å²) in [4.78, 5) is 16.3. The van der Waals surface area contributed by atoms with Crippen molar-refractivity contribution >= 4 is 24.8 Å². The molecule has 2 unspecified atom stereocenters. The van der Waals surface area contributed by atoms with Crippen molar-refractivity contribution in [1.29, 1.82) is 0 Å². The van der Waals surface area contributed by atoms with Crippen LogP contribution in [-0.4, -0.2) is 59.5 Å². The molecule has 0 aromatic heterocycles. The molecule has 2 fully saturated rings. The minimum atomic E-state index is -0.753. The Morgan fingerprint density at radius 2 is 2.00 bits per heavy atom. The molecule has 0 aromatic rings. The molecule has 2 saturated heterocycles. The molecule has 2 aliphatic heterocycles. The van der Waals surface area contributed by atoms with Crippen molar-refractivity contribution in [1.82, 2.24) is 9.80 Å². The maximum Gasteiger partial charge on any atom is 0.247 e. The van der Waals surface area contributed by atoms with Crippen molar-refractivity contribution in [3.05, 3.63) is 10.1 Å². The first-order valence-electron chi connectivity index (χ1n) is 7.64. The SMILES string of the molecule is CCCCC1([N+](=O)[O-])CN(C)CC2CCCCN2C1.Cl.Cl. The van der Waals surface area contributed by atoms with Gasteiger partial charge in [0.2, 0.25) is 5.54 Å². The molecule has 5 nitrogen and oxygen atoms in total. The smallest absolute Gasteiger partial charge is 0.247 e. The fraction of sp³-hybridized carbons (Fsp3) is 1.00. The van der Waals surface area contributed by atoms with E-state index in [1.807, 2.05) is 7.05 Å². The normalized spacial score (nSPS) is 30.5. The molecule has 0 bridgehead atoms. The van der Waals surface area contributed by atoms with Gasteiger partial charge in [-0.05, 0) is 32.9 Å². The van der Waals surface area contributed by atoms with Crippen LogP contribution in [-0.2, 0) is 0 Å². The van der Waals surface area contributed by atoms with E-state index >= 15 is 0 Å². The predicted octanol–water partition coefficient (Wildman–Crippen LogP) is 2.84. The summed E-state index contributed by atoms with van der Waals surface area (Å²) in [5.41, 5.74) is -0.753. The van der Waals surface area contributed by atoms with E-state index in [0.29, 0.717) is 25.6 Å². The second kappa shape index (κ2) is 9.13. The standard InChI is InChI=1S/C14H27N3O2.2ClH/c1-3-4-8-14(17(18)19)11-15(2)10-13-7-5-6-9-16(13)12-14;;/h13H,3-12H2,1-2H3;2*1H. The highest BCUT2D eigenvalue weighted by atomic mass is 35.5. The molecular formula is C14H29Cl2N3O2. The fourth-order valence-electron chi connectivity index (χ4n) is 3.70. The molecule has 0 saturated carbocycles. The summed E-state index contributed by atoms with van der Waals surface area (Å²) >= 11 is 0. The fourth-order valence-corrected chi connectivity index (χ4v) is 3.70. The van der Waals surface area contributed by atoms with Crippen molar-refractivity contribution in [2.75, 3.05) is 33.2 Å². The summed E-state index contributed by atoms with van der Waals surface area (Å²) < 4.78 is 0. The van der Waals surface area contributed by atoms with Gasteiger partial charge in [0.1, 0.15) is 0 Å². The topological polar surface area (TPSA) is 49.6 Å². The van der Waals surface area contributed by atoms with E-state index in [2.05, 4.69) is 16.7 Å². The molecule has 7 heteroatoms. The van der Waals surface area contributed by atoms with Crippen LogP contribution < -0.4 is 0 Å². The number of likely N-dealkylation sites (N-methyl/N-ethyl adjacent to an activating group) is 1. The van der Waals surface area contributed by atoms with Crippen LogP contribution >= 0.6 is 24.8 Å². The third kappa shape index (κ3) is 4.95. The van der Waals surface area contributed by atoms with Gasteiger partial charge in [-0.25, -0.2) is 0 Å². The molecule has 2 rings (SSSR count). The summed E-state index contributed by atoms with van der Waals surface area (Å²) in [6.07, 6.45) is 6.36. The van der Waals surface area contributed by atoms with Gasteiger partial charge in [0, 0.05) is 23.9 Å². The van der Waals surface area contributed by atoms with E-state index in [0.717, 1.165) is 25.9 Å². The molecular weight excluding hydrogens is 313 g/mol. The number of fused-ring (bicyclic) bond motifs is 1. The van der Waals surface area contributed by atoms with Crippen molar-refractivity contribution < 1.29 is 4.92 Å². The Balaban J connectivity index is 0.00000200. The Labute approximate surface area is 140 Å². The Morgan fingerprint density at radius 3 is 2.62 bits per heavy atom. The van der Waals surface area contributed by atoms with Gasteiger partial charge in [0.05, 0.1) is 13.1 Å². The van der Waals surface area contributed by atoms with Gasteiger partial charge in [0.25, 0.3) is 0 Å². The molecule has 126 valence electrons. The van der Waals surface area contributed by atoms with Gasteiger partial charge in [-0.1, -0.05) is 19.8 Å². The lowest BCUT2D eigenvalue weighted by Crippen LogP contribution is -2.53. The number of hydrogen-bond acceptors (Lipinski definition) is 4. The number of hydrogen-bond donors (Lipinski definition) is 0. The molecule has 0 aliphatic carbocycles. The first kappa shape index (κ1) is 20.9. The molecule has 2 heterocycles. The summed E-state index contributed by atoms with van der Waals surface area (Å²) in [6, 6.07) is 0.530. The molecule has 0 radical (unpaired) electrons. The Hall–Kier alpha value is -0.100. The second-order valence-electron chi connectivity index (χ2n) is 6.40. The second-order valence-corrected chi connectivity index (χ2v) is 6.40. The van der Waals surface area contributed by atoms with Crippen LogP contribution in [0.4, 0.5) is 0 Å². The Morgan fingerprint density at radius 1 is 1.29 bits per heavy atom. The summed E-state index contributed by atoms with van der Waals surface area (Å²) in [6.45, 7) is 5.39. The van der Waals surface area contributed by atoms with Crippen LogP contribution in [0.3, 0.4) is 0 Å². The highest BCUT2D eigenvalue weighted by Gasteiger charge is 2.48. The lowest BCUT2D eigenvalue weighted by molar-refractivity contribution is -0.571. The van der Waals surface area contributed by atoms with Crippen LogP contribution in [0.15, 0.2) is 0 Å². The van der Waals surface area contributed by atoms with E-state index in [9.17, 15) is 10.1 Å². The van der Waals surface area contributed by atoms with E-state index in [4.69, 9.17) is 0 Å². The van der Waals surface area contributed by atoms with Gasteiger partial charge in [-0.15, -0.1) is 24.8 Å². The zero-order chi connectivity index (χ0) is 13.9. The maximum atomic E-state index is 11.7. The van der Waals surface area contributed by atoms with Crippen LogP contribution in [0.5, 0.6) is 0 Å². The first-order chi connectivity index (χ1) is 9.07. The van der Waals surface area contributed by atoms with Crippen LogP contribution in [0.25, 0.3) is 0 Å². The molecule has 2 aliphatic rings. The predicted molar refractivity (Wildman–Crippen MR) is 90.5 cm³/mol. The summed E-state index contributed by atoms with van der Waals surface area (Å²) in [5, 5.41) is 11.7. The zero-order valence-electron chi connectivity index (χ0n) is 13.1. The number of nitro groups is 1. The highest BCUT2D eigenvalue weighted by molar-refractivity contribution is 5.85. The third-order valence-corrected chi connectivity index (χ3v) is 4.72. The van der Waals surface area contributed by atoms with E-state index in [-0.39, 0.29) is 29.7 Å². The average molecular weight is 342 g/mol. The van der Waals surface area contributed by atoms with E-state index in [1.165, 1.54) is 19.3 Å². The van der Waals surface area contributed by atoms with Gasteiger partial charge < -0.3 is 0 Å². The largest absolute Gasteiger partial charge is 0.298 e. The first-order valence-corrected chi connectivity index (χ1v) is 7.64. The molecule has 0 spiro atoms. The minimum absolute atomic E-state index is 0. The molecule has 0 amide bonds. The van der Waals surface area contributed by atoms with E-state index < -0.39 is 5.54 Å². The van der Waals surface area contributed by atoms with Gasteiger partial charge in [-0.3, -0.25) is 19.9 Å². The number of nitrogens with zero attached hydrogens (tertiary/aromatic N) is 3. The van der Waals surface area contributed by atoms with Crippen LogP contribution in [0.2, 0.25) is 0 Å². The van der Waals surface area contributed by atoms with Gasteiger partial charge >= 0.3 is 0 Å². The number of halogens is 2. The van der Waals surface area contributed by atoms with Crippen molar-refractivity contribution in [2.45, 2.75) is 57.0 Å². The van der Waals surface area contributed by atoms with Crippen molar-refractivity contribution in [3.63, 3.8) is 0 Å². The van der Waals surface area contributed by atoms with Gasteiger partial charge in [-0.2, -0.15) is 0 Å². The molecule has 2 atom stereocenters. The zero-order valence-corrected chi connectivity index (χ0v) is 14.8. The lowest BCUT2D eigenvalue weighted by atomic mass is 9.91. The van der Waals surface area contributed by atoms with Crippen LogP contribution in [0.1, 0.15) is 45.4 Å². The average Bonchev–Trinajstić information content (AvgIpc) is 2.52. The summed E-state index contributed by atoms with van der Waals surface area (Å²) in [7, 11) is 2.04. The third-order valence-electron chi connectivity index (χ3n) is 4.72. The Bertz CT molecular complexity index is 333. The monoisotopic (exact) mass is 341 g/mol. The van der Waals surface area contributed by atoms with Crippen LogP contribution in [0, 0.1) is 10.1 Å². The van der Waals surface area contributed by atoms with Gasteiger partial charge in [0.15, 0.2) is 0 Å². The number of unbranched alkanes of at least 4 members (excludes halogenated alkanes) is 1. The van der Waals surface area contributed by atoms with Crippen molar-refractivity contribution in [2.24, 2.45) is 0 Å². The van der Waals surface area contributed by atoms with E-state index in [1.54, 1.807) is 0 Å². The lowest BCUT2D eigenvalue weighted by Gasteiger charge is -2.36.